The maximum absolute atomic E-state index is 12.3. The highest BCUT2D eigenvalue weighted by Crippen LogP contribution is 2.26. The molecular weight excluding hydrogens is 280 g/mol. The van der Waals surface area contributed by atoms with Gasteiger partial charge in [-0.3, -0.25) is 9.48 Å². The van der Waals surface area contributed by atoms with E-state index < -0.39 is 0 Å². The van der Waals surface area contributed by atoms with Gasteiger partial charge in [0.15, 0.2) is 5.65 Å². The zero-order valence-corrected chi connectivity index (χ0v) is 13.4. The Hall–Kier alpha value is -2.18. The fourth-order valence-corrected chi connectivity index (χ4v) is 2.97. The summed E-state index contributed by atoms with van der Waals surface area (Å²) in [5.41, 5.74) is 1.71. The van der Waals surface area contributed by atoms with E-state index in [1.165, 1.54) is 0 Å². The number of anilines is 1. The van der Waals surface area contributed by atoms with Crippen LogP contribution in [0.15, 0.2) is 6.33 Å². The van der Waals surface area contributed by atoms with E-state index in [2.05, 4.69) is 22.0 Å². The minimum atomic E-state index is 0.174. The SMILES string of the molecule is CCCCN1CCN(c2ncnc3c2c(C)nn3C)CC1=O. The number of rotatable bonds is 4. The minimum Gasteiger partial charge on any atom is -0.345 e. The van der Waals surface area contributed by atoms with Gasteiger partial charge in [-0.25, -0.2) is 9.97 Å². The first-order valence-corrected chi connectivity index (χ1v) is 7.78. The molecular formula is C15H22N6O. The lowest BCUT2D eigenvalue weighted by molar-refractivity contribution is -0.131. The number of unbranched alkanes of at least 4 members (excludes halogenated alkanes) is 1. The summed E-state index contributed by atoms with van der Waals surface area (Å²) < 4.78 is 1.76. The lowest BCUT2D eigenvalue weighted by Crippen LogP contribution is -2.50. The number of hydrogen-bond acceptors (Lipinski definition) is 5. The average molecular weight is 302 g/mol. The summed E-state index contributed by atoms with van der Waals surface area (Å²) in [6.45, 7) is 6.88. The van der Waals surface area contributed by atoms with Crippen molar-refractivity contribution in [1.82, 2.24) is 24.6 Å². The van der Waals surface area contributed by atoms with Crippen LogP contribution in [0.3, 0.4) is 0 Å². The van der Waals surface area contributed by atoms with Crippen molar-refractivity contribution >= 4 is 22.8 Å². The van der Waals surface area contributed by atoms with Crippen LogP contribution in [0.4, 0.5) is 5.82 Å². The summed E-state index contributed by atoms with van der Waals surface area (Å²) in [5, 5.41) is 5.36. The molecule has 1 saturated heterocycles. The lowest BCUT2D eigenvalue weighted by Gasteiger charge is -2.35. The molecule has 7 heteroatoms. The zero-order chi connectivity index (χ0) is 15.7. The number of carbonyl (C=O) groups excluding carboxylic acids is 1. The highest BCUT2D eigenvalue weighted by Gasteiger charge is 2.26. The Morgan fingerprint density at radius 1 is 1.27 bits per heavy atom. The van der Waals surface area contributed by atoms with Crippen molar-refractivity contribution in [1.29, 1.82) is 0 Å². The molecule has 0 aromatic carbocycles. The number of piperazine rings is 1. The first-order valence-electron chi connectivity index (χ1n) is 7.78. The van der Waals surface area contributed by atoms with Crippen LogP contribution in [-0.2, 0) is 11.8 Å². The third kappa shape index (κ3) is 2.51. The van der Waals surface area contributed by atoms with Crippen molar-refractivity contribution < 1.29 is 4.79 Å². The highest BCUT2D eigenvalue weighted by molar-refractivity contribution is 5.92. The van der Waals surface area contributed by atoms with Crippen molar-refractivity contribution in [2.24, 2.45) is 7.05 Å². The zero-order valence-electron chi connectivity index (χ0n) is 13.4. The van der Waals surface area contributed by atoms with Crippen molar-refractivity contribution in [3.05, 3.63) is 12.0 Å². The molecule has 1 fully saturated rings. The number of nitrogens with zero attached hydrogens (tertiary/aromatic N) is 6. The molecule has 0 saturated carbocycles. The van der Waals surface area contributed by atoms with E-state index in [-0.39, 0.29) is 5.91 Å². The van der Waals surface area contributed by atoms with Crippen LogP contribution < -0.4 is 4.90 Å². The molecule has 1 amide bonds. The standard InChI is InChI=1S/C15H22N6O/c1-4-5-6-20-7-8-21(9-12(20)22)15-13-11(2)18-19(3)14(13)16-10-17-15/h10H,4-9H2,1-3H3. The number of aryl methyl sites for hydroxylation is 2. The van der Waals surface area contributed by atoms with Crippen LogP contribution >= 0.6 is 0 Å². The maximum atomic E-state index is 12.3. The maximum Gasteiger partial charge on any atom is 0.242 e. The largest absolute Gasteiger partial charge is 0.345 e. The average Bonchev–Trinajstić information content (AvgIpc) is 2.81. The second-order valence-electron chi connectivity index (χ2n) is 5.76. The van der Waals surface area contributed by atoms with Crippen LogP contribution in [0.25, 0.3) is 11.0 Å². The first kappa shape index (κ1) is 14.7. The fraction of sp³-hybridized carbons (Fsp3) is 0.600. The molecule has 0 radical (unpaired) electrons. The van der Waals surface area contributed by atoms with Gasteiger partial charge < -0.3 is 9.80 Å². The van der Waals surface area contributed by atoms with Crippen LogP contribution in [0.5, 0.6) is 0 Å². The van der Waals surface area contributed by atoms with E-state index in [1.807, 2.05) is 23.8 Å². The molecule has 1 aliphatic heterocycles. The molecule has 7 nitrogen and oxygen atoms in total. The molecule has 0 bridgehead atoms. The molecule has 22 heavy (non-hydrogen) atoms. The van der Waals surface area contributed by atoms with Gasteiger partial charge >= 0.3 is 0 Å². The van der Waals surface area contributed by atoms with Crippen molar-refractivity contribution in [3.63, 3.8) is 0 Å². The smallest absolute Gasteiger partial charge is 0.242 e. The van der Waals surface area contributed by atoms with Gasteiger partial charge in [0.05, 0.1) is 17.6 Å². The normalized spacial score (nSPS) is 15.9. The Balaban J connectivity index is 1.86. The summed E-state index contributed by atoms with van der Waals surface area (Å²) >= 11 is 0. The number of fused-ring (bicyclic) bond motifs is 1. The van der Waals surface area contributed by atoms with E-state index in [0.29, 0.717) is 6.54 Å². The van der Waals surface area contributed by atoms with E-state index in [1.54, 1.807) is 11.0 Å². The summed E-state index contributed by atoms with van der Waals surface area (Å²) in [6.07, 6.45) is 3.72. The number of amides is 1. The van der Waals surface area contributed by atoms with Crippen LogP contribution in [0.2, 0.25) is 0 Å². The number of hydrogen-bond donors (Lipinski definition) is 0. The molecule has 0 N–H and O–H groups in total. The Labute approximate surface area is 129 Å². The molecule has 0 aliphatic carbocycles. The van der Waals surface area contributed by atoms with E-state index in [4.69, 9.17) is 0 Å². The topological polar surface area (TPSA) is 67.2 Å². The molecule has 1 aliphatic rings. The molecule has 0 unspecified atom stereocenters. The van der Waals surface area contributed by atoms with Crippen LogP contribution in [0.1, 0.15) is 25.5 Å². The number of carbonyl (C=O) groups is 1. The predicted octanol–water partition coefficient (Wildman–Crippen LogP) is 1.12. The second-order valence-corrected chi connectivity index (χ2v) is 5.76. The van der Waals surface area contributed by atoms with Crippen molar-refractivity contribution in [2.45, 2.75) is 26.7 Å². The molecule has 0 spiro atoms. The van der Waals surface area contributed by atoms with Gasteiger partial charge in [0.25, 0.3) is 0 Å². The Bertz CT molecular complexity index is 695. The summed E-state index contributed by atoms with van der Waals surface area (Å²) in [6, 6.07) is 0. The molecule has 3 rings (SSSR count). The third-order valence-corrected chi connectivity index (χ3v) is 4.18. The minimum absolute atomic E-state index is 0.174. The van der Waals surface area contributed by atoms with Gasteiger partial charge in [0.2, 0.25) is 5.91 Å². The Morgan fingerprint density at radius 2 is 2.09 bits per heavy atom. The molecule has 0 atom stereocenters. The van der Waals surface area contributed by atoms with Gasteiger partial charge in [-0.05, 0) is 13.3 Å². The van der Waals surface area contributed by atoms with Gasteiger partial charge in [-0.15, -0.1) is 0 Å². The van der Waals surface area contributed by atoms with Gasteiger partial charge in [0.1, 0.15) is 12.1 Å². The highest BCUT2D eigenvalue weighted by atomic mass is 16.2. The molecule has 3 heterocycles. The second kappa shape index (κ2) is 5.90. The molecule has 118 valence electrons. The molecule has 2 aromatic heterocycles. The monoisotopic (exact) mass is 302 g/mol. The van der Waals surface area contributed by atoms with Crippen LogP contribution in [-0.4, -0.2) is 56.7 Å². The van der Waals surface area contributed by atoms with E-state index in [0.717, 1.165) is 55.0 Å². The quantitative estimate of drug-likeness (QED) is 0.846. The third-order valence-electron chi connectivity index (χ3n) is 4.18. The van der Waals surface area contributed by atoms with Gasteiger partial charge in [-0.1, -0.05) is 13.3 Å². The summed E-state index contributed by atoms with van der Waals surface area (Å²) in [5.74, 6) is 0.993. The fourth-order valence-electron chi connectivity index (χ4n) is 2.97. The Kier molecular flexibility index (Phi) is 3.96. The van der Waals surface area contributed by atoms with Crippen molar-refractivity contribution in [2.75, 3.05) is 31.1 Å². The predicted molar refractivity (Wildman–Crippen MR) is 84.7 cm³/mol. The summed E-state index contributed by atoms with van der Waals surface area (Å²) in [4.78, 5) is 25.0. The number of aromatic nitrogens is 4. The van der Waals surface area contributed by atoms with Gasteiger partial charge in [0, 0.05) is 26.7 Å². The molecule has 2 aromatic rings. The van der Waals surface area contributed by atoms with Gasteiger partial charge in [-0.2, -0.15) is 5.10 Å². The lowest BCUT2D eigenvalue weighted by atomic mass is 10.2. The van der Waals surface area contributed by atoms with Crippen LogP contribution in [0, 0.1) is 6.92 Å². The van der Waals surface area contributed by atoms with Crippen molar-refractivity contribution in [3.8, 4) is 0 Å². The summed E-state index contributed by atoms with van der Waals surface area (Å²) in [7, 11) is 1.87. The Morgan fingerprint density at radius 3 is 2.82 bits per heavy atom. The van der Waals surface area contributed by atoms with E-state index in [9.17, 15) is 4.79 Å². The first-order chi connectivity index (χ1) is 10.6. The van der Waals surface area contributed by atoms with E-state index >= 15 is 0 Å².